The molecule has 0 saturated heterocycles. The van der Waals surface area contributed by atoms with Crippen molar-refractivity contribution in [3.8, 4) is 0 Å². The molecule has 0 saturated carbocycles. The Labute approximate surface area is 103 Å². The monoisotopic (exact) mass is 270 g/mol. The quantitative estimate of drug-likeness (QED) is 0.798. The number of nitrogens with one attached hydrogen (secondary N) is 1. The predicted octanol–water partition coefficient (Wildman–Crippen LogP) is 1.69. The van der Waals surface area contributed by atoms with Gasteiger partial charge >= 0.3 is 18.2 Å². The van der Waals surface area contributed by atoms with Crippen LogP contribution >= 0.6 is 0 Å². The van der Waals surface area contributed by atoms with E-state index < -0.39 is 36.7 Å². The highest BCUT2D eigenvalue weighted by Gasteiger charge is 2.34. The number of carbonyl (C=O) groups is 2. The van der Waals surface area contributed by atoms with Gasteiger partial charge in [0.25, 0.3) is 0 Å². The molecular weight excluding hydrogens is 253 g/mol. The Morgan fingerprint density at radius 1 is 1.33 bits per heavy atom. The van der Waals surface area contributed by atoms with Crippen LogP contribution in [-0.2, 0) is 4.79 Å². The molecule has 0 aliphatic rings. The normalized spacial score (nSPS) is 13.3. The first-order valence-electron chi connectivity index (χ1n) is 5.43. The highest BCUT2D eigenvalue weighted by atomic mass is 19.4. The first kappa shape index (κ1) is 16.5. The van der Waals surface area contributed by atoms with E-state index in [0.29, 0.717) is 4.90 Å². The van der Waals surface area contributed by atoms with Crippen LogP contribution in [0.3, 0.4) is 0 Å². The number of carboxylic acids is 1. The first-order chi connectivity index (χ1) is 8.08. The standard InChI is InChI=1S/C10H17F3N2O3/c1-4-15(5-10(11,12)13)9(18)14-7(6(2)3)8(16)17/h6-7H,4-5H2,1-3H3,(H,14,18)(H,16,17). The summed E-state index contributed by atoms with van der Waals surface area (Å²) in [4.78, 5) is 22.9. The van der Waals surface area contributed by atoms with Crippen LogP contribution < -0.4 is 5.32 Å². The molecule has 0 radical (unpaired) electrons. The van der Waals surface area contributed by atoms with Gasteiger partial charge in [-0.25, -0.2) is 9.59 Å². The van der Waals surface area contributed by atoms with E-state index in [1.54, 1.807) is 13.8 Å². The van der Waals surface area contributed by atoms with E-state index in [1.165, 1.54) is 6.92 Å². The number of carbonyl (C=O) groups excluding carboxylic acids is 1. The number of nitrogens with zero attached hydrogens (tertiary/aromatic N) is 1. The summed E-state index contributed by atoms with van der Waals surface area (Å²) < 4.78 is 36.5. The Balaban J connectivity index is 4.65. The van der Waals surface area contributed by atoms with Gasteiger partial charge < -0.3 is 15.3 Å². The van der Waals surface area contributed by atoms with E-state index in [4.69, 9.17) is 5.11 Å². The third-order valence-electron chi connectivity index (χ3n) is 2.25. The van der Waals surface area contributed by atoms with Gasteiger partial charge in [-0.2, -0.15) is 13.2 Å². The summed E-state index contributed by atoms with van der Waals surface area (Å²) in [5.74, 6) is -1.70. The molecule has 8 heteroatoms. The van der Waals surface area contributed by atoms with Crippen molar-refractivity contribution in [2.24, 2.45) is 5.92 Å². The zero-order valence-electron chi connectivity index (χ0n) is 10.4. The summed E-state index contributed by atoms with van der Waals surface area (Å²) >= 11 is 0. The van der Waals surface area contributed by atoms with Crippen LogP contribution in [0.2, 0.25) is 0 Å². The second-order valence-electron chi connectivity index (χ2n) is 4.14. The summed E-state index contributed by atoms with van der Waals surface area (Å²) in [6, 6.07) is -2.24. The maximum absolute atomic E-state index is 12.2. The molecule has 0 rings (SSSR count). The van der Waals surface area contributed by atoms with Crippen molar-refractivity contribution in [3.63, 3.8) is 0 Å². The molecule has 0 aliphatic heterocycles. The van der Waals surface area contributed by atoms with Gasteiger partial charge in [-0.15, -0.1) is 0 Å². The summed E-state index contributed by atoms with van der Waals surface area (Å²) in [7, 11) is 0. The largest absolute Gasteiger partial charge is 0.480 e. The Morgan fingerprint density at radius 2 is 1.83 bits per heavy atom. The number of urea groups is 1. The van der Waals surface area contributed by atoms with Gasteiger partial charge in [0.05, 0.1) is 0 Å². The third kappa shape index (κ3) is 5.74. The number of rotatable bonds is 5. The number of hydrogen-bond acceptors (Lipinski definition) is 2. The lowest BCUT2D eigenvalue weighted by Gasteiger charge is -2.26. The highest BCUT2D eigenvalue weighted by Crippen LogP contribution is 2.16. The maximum Gasteiger partial charge on any atom is 0.406 e. The molecule has 0 bridgehead atoms. The molecule has 0 spiro atoms. The van der Waals surface area contributed by atoms with Gasteiger partial charge in [-0.1, -0.05) is 13.8 Å². The molecule has 5 nitrogen and oxygen atoms in total. The molecule has 0 aromatic heterocycles. The van der Waals surface area contributed by atoms with Crippen molar-refractivity contribution in [2.45, 2.75) is 33.0 Å². The Hall–Kier alpha value is -1.47. The fourth-order valence-corrected chi connectivity index (χ4v) is 1.28. The van der Waals surface area contributed by atoms with Gasteiger partial charge in [0.2, 0.25) is 0 Å². The van der Waals surface area contributed by atoms with Crippen molar-refractivity contribution >= 4 is 12.0 Å². The van der Waals surface area contributed by atoms with Crippen molar-refractivity contribution in [1.29, 1.82) is 0 Å². The van der Waals surface area contributed by atoms with E-state index in [2.05, 4.69) is 5.32 Å². The van der Waals surface area contributed by atoms with E-state index in [1.807, 2.05) is 0 Å². The molecule has 2 N–H and O–H groups in total. The lowest BCUT2D eigenvalue weighted by molar-refractivity contribution is -0.141. The highest BCUT2D eigenvalue weighted by molar-refractivity contribution is 5.82. The third-order valence-corrected chi connectivity index (χ3v) is 2.25. The topological polar surface area (TPSA) is 69.6 Å². The molecular formula is C10H17F3N2O3. The Kier molecular flexibility index (Phi) is 5.93. The van der Waals surface area contributed by atoms with Crippen molar-refractivity contribution in [1.82, 2.24) is 10.2 Å². The van der Waals surface area contributed by atoms with Gasteiger partial charge in [0.1, 0.15) is 12.6 Å². The van der Waals surface area contributed by atoms with Crippen molar-refractivity contribution < 1.29 is 27.9 Å². The maximum atomic E-state index is 12.2. The molecule has 2 amide bonds. The minimum atomic E-state index is -4.51. The smallest absolute Gasteiger partial charge is 0.406 e. The molecule has 0 fully saturated rings. The Bertz CT molecular complexity index is 305. The van der Waals surface area contributed by atoms with Crippen LogP contribution in [0.15, 0.2) is 0 Å². The van der Waals surface area contributed by atoms with Crippen LogP contribution in [0.25, 0.3) is 0 Å². The summed E-state index contributed by atoms with van der Waals surface area (Å²) in [5, 5.41) is 10.9. The second kappa shape index (κ2) is 6.46. The van der Waals surface area contributed by atoms with Gasteiger partial charge in [0, 0.05) is 6.54 Å². The number of halogens is 3. The van der Waals surface area contributed by atoms with E-state index in [9.17, 15) is 22.8 Å². The summed E-state index contributed by atoms with van der Waals surface area (Å²) in [6.07, 6.45) is -4.51. The SMILES string of the molecule is CCN(CC(F)(F)F)C(=O)NC(C(=O)O)C(C)C. The second-order valence-corrected chi connectivity index (χ2v) is 4.14. The van der Waals surface area contributed by atoms with Crippen LogP contribution in [0.4, 0.5) is 18.0 Å². The average Bonchev–Trinajstić information content (AvgIpc) is 2.19. The minimum Gasteiger partial charge on any atom is -0.480 e. The molecule has 1 atom stereocenters. The van der Waals surface area contributed by atoms with E-state index in [-0.39, 0.29) is 6.54 Å². The fourth-order valence-electron chi connectivity index (χ4n) is 1.28. The number of aliphatic carboxylic acids is 1. The number of hydrogen-bond donors (Lipinski definition) is 2. The minimum absolute atomic E-state index is 0.157. The predicted molar refractivity (Wildman–Crippen MR) is 58.1 cm³/mol. The number of amides is 2. The van der Waals surface area contributed by atoms with Crippen LogP contribution in [0, 0.1) is 5.92 Å². The molecule has 0 aromatic rings. The van der Waals surface area contributed by atoms with Crippen LogP contribution in [0.5, 0.6) is 0 Å². The zero-order chi connectivity index (χ0) is 14.5. The number of alkyl halides is 3. The van der Waals surface area contributed by atoms with Gasteiger partial charge in [0.15, 0.2) is 0 Å². The lowest BCUT2D eigenvalue weighted by atomic mass is 10.1. The zero-order valence-corrected chi connectivity index (χ0v) is 10.4. The van der Waals surface area contributed by atoms with E-state index in [0.717, 1.165) is 0 Å². The Morgan fingerprint density at radius 3 is 2.11 bits per heavy atom. The van der Waals surface area contributed by atoms with Crippen molar-refractivity contribution in [2.75, 3.05) is 13.1 Å². The number of carboxylic acid groups (broad SMARTS) is 1. The fraction of sp³-hybridized carbons (Fsp3) is 0.800. The van der Waals surface area contributed by atoms with Gasteiger partial charge in [-0.05, 0) is 12.8 Å². The van der Waals surface area contributed by atoms with Crippen LogP contribution in [-0.4, -0.2) is 47.3 Å². The van der Waals surface area contributed by atoms with Crippen LogP contribution in [0.1, 0.15) is 20.8 Å². The molecule has 1 unspecified atom stereocenters. The first-order valence-corrected chi connectivity index (χ1v) is 5.43. The molecule has 18 heavy (non-hydrogen) atoms. The van der Waals surface area contributed by atoms with E-state index >= 15 is 0 Å². The molecule has 0 aliphatic carbocycles. The van der Waals surface area contributed by atoms with Gasteiger partial charge in [-0.3, -0.25) is 0 Å². The summed E-state index contributed by atoms with van der Waals surface area (Å²) in [5.41, 5.74) is 0. The molecule has 0 aromatic carbocycles. The molecule has 106 valence electrons. The average molecular weight is 270 g/mol. The molecule has 0 heterocycles. The van der Waals surface area contributed by atoms with Crippen molar-refractivity contribution in [3.05, 3.63) is 0 Å². The lowest BCUT2D eigenvalue weighted by Crippen LogP contribution is -2.52. The summed E-state index contributed by atoms with van der Waals surface area (Å²) in [6.45, 7) is 2.93.